The highest BCUT2D eigenvalue weighted by Crippen LogP contribution is 2.28. The van der Waals surface area contributed by atoms with Crippen LogP contribution >= 0.6 is 0 Å². The van der Waals surface area contributed by atoms with Gasteiger partial charge in [0.05, 0.1) is 13.2 Å². The summed E-state index contributed by atoms with van der Waals surface area (Å²) >= 11 is 0. The fraction of sp³-hybridized carbons (Fsp3) is 0.529. The third-order valence-electron chi connectivity index (χ3n) is 4.69. The maximum Gasteiger partial charge on any atom is 0.317 e. The second kappa shape index (κ2) is 6.98. The summed E-state index contributed by atoms with van der Waals surface area (Å²) in [5, 5.41) is 3.02. The van der Waals surface area contributed by atoms with E-state index in [2.05, 4.69) is 5.32 Å². The molecule has 1 aromatic carbocycles. The van der Waals surface area contributed by atoms with E-state index >= 15 is 0 Å². The molecule has 7 heteroatoms. The molecule has 0 aliphatic carbocycles. The number of nitrogens with one attached hydrogen (secondary N) is 1. The predicted octanol–water partition coefficient (Wildman–Crippen LogP) is 0.906. The fourth-order valence-electron chi connectivity index (χ4n) is 3.22. The molecule has 1 fully saturated rings. The first-order chi connectivity index (χ1) is 11.6. The molecule has 3 N–H and O–H groups in total. The smallest absolute Gasteiger partial charge is 0.317 e. The first kappa shape index (κ1) is 16.4. The molecule has 3 rings (SSSR count). The maximum absolute atomic E-state index is 12.4. The number of fused-ring (bicyclic) bond motifs is 1. The Morgan fingerprint density at radius 3 is 2.75 bits per heavy atom. The fourth-order valence-corrected chi connectivity index (χ4v) is 3.22. The van der Waals surface area contributed by atoms with Crippen molar-refractivity contribution in [1.82, 2.24) is 10.2 Å². The van der Waals surface area contributed by atoms with Gasteiger partial charge in [-0.25, -0.2) is 4.79 Å². The normalized spacial score (nSPS) is 20.7. The number of amides is 3. The number of hydrogen-bond donors (Lipinski definition) is 2. The Kier molecular flexibility index (Phi) is 4.78. The summed E-state index contributed by atoms with van der Waals surface area (Å²) in [5.41, 5.74) is 6.35. The zero-order chi connectivity index (χ0) is 17.1. The minimum Gasteiger partial charge on any atom is -0.497 e. The minimum atomic E-state index is -0.277. The first-order valence-electron chi connectivity index (χ1n) is 8.21. The zero-order valence-corrected chi connectivity index (χ0v) is 13.8. The van der Waals surface area contributed by atoms with E-state index in [1.165, 1.54) is 0 Å². The highest BCUT2D eigenvalue weighted by Gasteiger charge is 2.28. The number of nitrogens with two attached hydrogens (primary N) is 1. The van der Waals surface area contributed by atoms with Crippen molar-refractivity contribution in [3.8, 4) is 11.5 Å². The number of primary amides is 1. The van der Waals surface area contributed by atoms with Gasteiger partial charge in [0.25, 0.3) is 0 Å². The average Bonchev–Trinajstić information content (AvgIpc) is 2.61. The highest BCUT2D eigenvalue weighted by molar-refractivity contribution is 5.78. The number of hydrogen-bond acceptors (Lipinski definition) is 4. The number of likely N-dealkylation sites (tertiary alicyclic amines) is 1. The van der Waals surface area contributed by atoms with E-state index in [0.717, 1.165) is 17.1 Å². The van der Waals surface area contributed by atoms with E-state index in [1.807, 2.05) is 18.2 Å². The van der Waals surface area contributed by atoms with E-state index in [1.54, 1.807) is 12.0 Å². The van der Waals surface area contributed by atoms with Gasteiger partial charge in [-0.1, -0.05) is 0 Å². The summed E-state index contributed by atoms with van der Waals surface area (Å²) < 4.78 is 11.0. The summed E-state index contributed by atoms with van der Waals surface area (Å²) in [7, 11) is 1.63. The molecule has 2 heterocycles. The zero-order valence-electron chi connectivity index (χ0n) is 13.8. The van der Waals surface area contributed by atoms with Gasteiger partial charge in [0.1, 0.15) is 18.1 Å². The Morgan fingerprint density at radius 2 is 2.08 bits per heavy atom. The van der Waals surface area contributed by atoms with Crippen LogP contribution in [0.4, 0.5) is 4.79 Å². The Balaban J connectivity index is 1.55. The van der Waals surface area contributed by atoms with Crippen LogP contribution in [0, 0.1) is 5.92 Å². The number of ether oxygens (including phenoxy) is 2. The summed E-state index contributed by atoms with van der Waals surface area (Å²) in [6.07, 6.45) is 1.96. The number of carbonyl (C=O) groups is 2. The summed E-state index contributed by atoms with van der Waals surface area (Å²) in [5.74, 6) is 1.22. The molecule has 1 saturated heterocycles. The Morgan fingerprint density at radius 1 is 1.33 bits per heavy atom. The van der Waals surface area contributed by atoms with Crippen molar-refractivity contribution in [2.24, 2.45) is 11.7 Å². The molecular weight excluding hydrogens is 310 g/mol. The van der Waals surface area contributed by atoms with Gasteiger partial charge in [0.15, 0.2) is 0 Å². The summed E-state index contributed by atoms with van der Waals surface area (Å²) in [6.45, 7) is 1.55. The standard InChI is InChI=1S/C17H23N3O4/c1-23-14-2-3-15-12(9-14)8-13(10-24-15)19-17(22)20-6-4-11(5-7-20)16(18)21/h2-3,9,11,13H,4-8,10H2,1H3,(H2,18,21)(H,19,22)/t13-/m0/s1. The van der Waals surface area contributed by atoms with Crippen LogP contribution in [0.2, 0.25) is 0 Å². The van der Waals surface area contributed by atoms with Crippen molar-refractivity contribution in [3.05, 3.63) is 23.8 Å². The molecule has 1 aromatic rings. The number of piperidine rings is 1. The van der Waals surface area contributed by atoms with Crippen molar-refractivity contribution >= 4 is 11.9 Å². The molecule has 1 atom stereocenters. The van der Waals surface area contributed by atoms with Crippen LogP contribution < -0.4 is 20.5 Å². The van der Waals surface area contributed by atoms with Gasteiger partial charge in [0.2, 0.25) is 5.91 Å². The number of methoxy groups -OCH3 is 1. The molecule has 3 amide bonds. The van der Waals surface area contributed by atoms with Crippen molar-refractivity contribution in [1.29, 1.82) is 0 Å². The van der Waals surface area contributed by atoms with Gasteiger partial charge in [-0.3, -0.25) is 4.79 Å². The molecule has 0 saturated carbocycles. The van der Waals surface area contributed by atoms with Crippen LogP contribution in [-0.4, -0.2) is 49.7 Å². The topological polar surface area (TPSA) is 93.9 Å². The predicted molar refractivity (Wildman–Crippen MR) is 88.0 cm³/mol. The molecular formula is C17H23N3O4. The van der Waals surface area contributed by atoms with Gasteiger partial charge in [-0.05, 0) is 43.0 Å². The molecule has 24 heavy (non-hydrogen) atoms. The van der Waals surface area contributed by atoms with Gasteiger partial charge in [-0.15, -0.1) is 0 Å². The SMILES string of the molecule is COc1ccc2c(c1)C[C@H](NC(=O)N1CCC(C(N)=O)CC1)CO2. The van der Waals surface area contributed by atoms with Crippen molar-refractivity contribution in [2.45, 2.75) is 25.3 Å². The highest BCUT2D eigenvalue weighted by atomic mass is 16.5. The molecule has 7 nitrogen and oxygen atoms in total. The molecule has 0 unspecified atom stereocenters. The lowest BCUT2D eigenvalue weighted by Crippen LogP contribution is -2.51. The van der Waals surface area contributed by atoms with Gasteiger partial charge >= 0.3 is 6.03 Å². The average molecular weight is 333 g/mol. The molecule has 0 radical (unpaired) electrons. The van der Waals surface area contributed by atoms with Crippen LogP contribution in [0.5, 0.6) is 11.5 Å². The lowest BCUT2D eigenvalue weighted by Gasteiger charge is -2.33. The summed E-state index contributed by atoms with van der Waals surface area (Å²) in [4.78, 5) is 25.3. The molecule has 0 spiro atoms. The first-order valence-corrected chi connectivity index (χ1v) is 8.21. The minimum absolute atomic E-state index is 0.0778. The van der Waals surface area contributed by atoms with Gasteiger partial charge < -0.3 is 25.4 Å². The van der Waals surface area contributed by atoms with Gasteiger partial charge in [-0.2, -0.15) is 0 Å². The number of carbonyl (C=O) groups excluding carboxylic acids is 2. The van der Waals surface area contributed by atoms with E-state index in [4.69, 9.17) is 15.2 Å². The molecule has 0 aromatic heterocycles. The van der Waals surface area contributed by atoms with E-state index in [9.17, 15) is 9.59 Å². The molecule has 2 aliphatic rings. The summed E-state index contributed by atoms with van der Waals surface area (Å²) in [6, 6.07) is 5.50. The molecule has 0 bridgehead atoms. The molecule has 130 valence electrons. The van der Waals surface area contributed by atoms with Gasteiger partial charge in [0, 0.05) is 19.0 Å². The third kappa shape index (κ3) is 3.55. The van der Waals surface area contributed by atoms with Crippen LogP contribution in [0.3, 0.4) is 0 Å². The van der Waals surface area contributed by atoms with Crippen LogP contribution in [0.15, 0.2) is 18.2 Å². The lowest BCUT2D eigenvalue weighted by atomic mass is 9.96. The maximum atomic E-state index is 12.4. The second-order valence-corrected chi connectivity index (χ2v) is 6.30. The van der Waals surface area contributed by atoms with Crippen LogP contribution in [-0.2, 0) is 11.2 Å². The van der Waals surface area contributed by atoms with E-state index in [0.29, 0.717) is 39.0 Å². The Bertz CT molecular complexity index is 626. The Hall–Kier alpha value is -2.44. The second-order valence-electron chi connectivity index (χ2n) is 6.30. The number of urea groups is 1. The Labute approximate surface area is 141 Å². The number of rotatable bonds is 3. The third-order valence-corrected chi connectivity index (χ3v) is 4.69. The van der Waals surface area contributed by atoms with E-state index in [-0.39, 0.29) is 23.9 Å². The lowest BCUT2D eigenvalue weighted by molar-refractivity contribution is -0.123. The monoisotopic (exact) mass is 333 g/mol. The van der Waals surface area contributed by atoms with Crippen molar-refractivity contribution in [3.63, 3.8) is 0 Å². The quantitative estimate of drug-likeness (QED) is 0.859. The molecule has 2 aliphatic heterocycles. The van der Waals surface area contributed by atoms with Crippen LogP contribution in [0.25, 0.3) is 0 Å². The van der Waals surface area contributed by atoms with Crippen LogP contribution in [0.1, 0.15) is 18.4 Å². The largest absolute Gasteiger partial charge is 0.497 e. The van der Waals surface area contributed by atoms with Crippen molar-refractivity contribution < 1.29 is 19.1 Å². The number of nitrogens with zero attached hydrogens (tertiary/aromatic N) is 1. The van der Waals surface area contributed by atoms with E-state index < -0.39 is 0 Å². The van der Waals surface area contributed by atoms with Crippen molar-refractivity contribution in [2.75, 3.05) is 26.8 Å². The number of benzene rings is 1.